The maximum atomic E-state index is 14.3. The van der Waals surface area contributed by atoms with E-state index in [0.29, 0.717) is 12.5 Å². The lowest BCUT2D eigenvalue weighted by Gasteiger charge is -2.27. The maximum Gasteiger partial charge on any atom is 0.416 e. The van der Waals surface area contributed by atoms with Crippen LogP contribution < -0.4 is 10.2 Å². The van der Waals surface area contributed by atoms with Crippen molar-refractivity contribution in [1.29, 1.82) is 0 Å². The molecule has 29 heavy (non-hydrogen) atoms. The van der Waals surface area contributed by atoms with Crippen LogP contribution in [-0.4, -0.2) is 33.2 Å². The summed E-state index contributed by atoms with van der Waals surface area (Å²) < 4.78 is 46.2. The highest BCUT2D eigenvalue weighted by Gasteiger charge is 2.43. The Kier molecular flexibility index (Phi) is 5.33. The Hall–Kier alpha value is -2.62. The largest absolute Gasteiger partial charge is 0.447 e. The summed E-state index contributed by atoms with van der Waals surface area (Å²) in [6.45, 7) is 5.94. The molecule has 1 unspecified atom stereocenters. The molecular weight excluding hydrogens is 411 g/mol. The third kappa shape index (κ3) is 4.21. The summed E-state index contributed by atoms with van der Waals surface area (Å²) in [5.41, 5.74) is -0.808. The zero-order valence-electron chi connectivity index (χ0n) is 16.1. The summed E-state index contributed by atoms with van der Waals surface area (Å²) in [7, 11) is 0. The molecule has 0 radical (unpaired) electrons. The van der Waals surface area contributed by atoms with Crippen molar-refractivity contribution >= 4 is 29.5 Å². The van der Waals surface area contributed by atoms with Crippen molar-refractivity contribution in [3.05, 3.63) is 40.6 Å². The van der Waals surface area contributed by atoms with Gasteiger partial charge in [0.05, 0.1) is 22.8 Å². The van der Waals surface area contributed by atoms with Crippen LogP contribution in [0.4, 0.5) is 29.7 Å². The second-order valence-corrected chi connectivity index (χ2v) is 7.83. The zero-order chi connectivity index (χ0) is 21.6. The molecule has 1 aliphatic heterocycles. The Morgan fingerprint density at radius 2 is 2.03 bits per heavy atom. The van der Waals surface area contributed by atoms with Gasteiger partial charge in [-0.15, -0.1) is 0 Å². The second kappa shape index (κ2) is 7.33. The molecule has 0 bridgehead atoms. The molecule has 0 saturated carbocycles. The van der Waals surface area contributed by atoms with Crippen molar-refractivity contribution in [2.75, 3.05) is 16.8 Å². The van der Waals surface area contributed by atoms with E-state index >= 15 is 0 Å². The van der Waals surface area contributed by atoms with Crippen LogP contribution in [0.25, 0.3) is 0 Å². The van der Waals surface area contributed by atoms with E-state index in [9.17, 15) is 18.0 Å². The molecule has 1 saturated heterocycles. The summed E-state index contributed by atoms with van der Waals surface area (Å²) in [4.78, 5) is 24.9. The number of anilines is 2. The number of nitrogens with zero attached hydrogens (tertiary/aromatic N) is 4. The highest BCUT2D eigenvalue weighted by Crippen LogP contribution is 2.34. The van der Waals surface area contributed by atoms with E-state index in [2.05, 4.69) is 20.3 Å². The van der Waals surface area contributed by atoms with E-state index in [-0.39, 0.29) is 23.4 Å². The number of carbonyl (C=O) groups excluding carboxylic acids is 1. The van der Waals surface area contributed by atoms with Gasteiger partial charge in [0, 0.05) is 13.1 Å². The standard InChI is InChI=1S/C18H19ClF3N5O2/c1-9(10-5-11(19)13(23-6-10)18(4,21)22)25-15-24-7-12(20)14(26-15)27-16(28)29-8-17(27,2)3/h5-7,9H,8H2,1-4H3,(H,24,25,26). The average Bonchev–Trinajstić information content (AvgIpc) is 2.88. The first kappa shape index (κ1) is 21.1. The molecule has 156 valence electrons. The fourth-order valence-corrected chi connectivity index (χ4v) is 3.20. The fourth-order valence-electron chi connectivity index (χ4n) is 2.86. The number of hydrogen-bond acceptors (Lipinski definition) is 6. The SMILES string of the molecule is CC(Nc1ncc(F)c(N2C(=O)OCC2(C)C)n1)c1cnc(C(C)(F)F)c(Cl)c1. The number of cyclic esters (lactones) is 1. The minimum absolute atomic E-state index is 0.0328. The van der Waals surface area contributed by atoms with Gasteiger partial charge in [0.1, 0.15) is 12.3 Å². The summed E-state index contributed by atoms with van der Waals surface area (Å²) in [6, 6.07) is 0.876. The zero-order valence-corrected chi connectivity index (χ0v) is 16.9. The topological polar surface area (TPSA) is 80.2 Å². The normalized spacial score (nSPS) is 17.2. The van der Waals surface area contributed by atoms with E-state index in [1.54, 1.807) is 20.8 Å². The van der Waals surface area contributed by atoms with Crippen LogP contribution in [0.5, 0.6) is 0 Å². The molecule has 3 heterocycles. The molecule has 3 rings (SSSR count). The fraction of sp³-hybridized carbons (Fsp3) is 0.444. The van der Waals surface area contributed by atoms with Gasteiger partial charge in [-0.05, 0) is 32.4 Å². The van der Waals surface area contributed by atoms with Crippen molar-refractivity contribution in [3.8, 4) is 0 Å². The van der Waals surface area contributed by atoms with Crippen LogP contribution in [0.2, 0.25) is 5.02 Å². The van der Waals surface area contributed by atoms with Crippen LogP contribution >= 0.6 is 11.6 Å². The van der Waals surface area contributed by atoms with Gasteiger partial charge in [0.15, 0.2) is 11.6 Å². The second-order valence-electron chi connectivity index (χ2n) is 7.42. The lowest BCUT2D eigenvalue weighted by Crippen LogP contribution is -2.43. The lowest BCUT2D eigenvalue weighted by atomic mass is 10.1. The van der Waals surface area contributed by atoms with Crippen molar-refractivity contribution in [2.45, 2.75) is 45.2 Å². The van der Waals surface area contributed by atoms with E-state index in [0.717, 1.165) is 11.1 Å². The molecule has 1 N–H and O–H groups in total. The summed E-state index contributed by atoms with van der Waals surface area (Å²) >= 11 is 5.93. The number of amides is 1. The highest BCUT2D eigenvalue weighted by molar-refractivity contribution is 6.31. The number of halogens is 4. The molecular formula is C18H19ClF3N5O2. The van der Waals surface area contributed by atoms with Crippen molar-refractivity contribution in [2.24, 2.45) is 0 Å². The third-order valence-electron chi connectivity index (χ3n) is 4.40. The first-order chi connectivity index (χ1) is 13.4. The molecule has 0 spiro atoms. The molecule has 1 aliphatic rings. The van der Waals surface area contributed by atoms with E-state index in [1.807, 2.05) is 0 Å². The number of ether oxygens (including phenoxy) is 1. The number of hydrogen-bond donors (Lipinski definition) is 1. The number of nitrogens with one attached hydrogen (secondary N) is 1. The smallest absolute Gasteiger partial charge is 0.416 e. The van der Waals surface area contributed by atoms with Crippen molar-refractivity contribution in [3.63, 3.8) is 0 Å². The van der Waals surface area contributed by atoms with E-state index in [4.69, 9.17) is 16.3 Å². The predicted octanol–water partition coefficient (Wildman–Crippen LogP) is 4.68. The average molecular weight is 430 g/mol. The van der Waals surface area contributed by atoms with E-state index in [1.165, 1.54) is 12.3 Å². The van der Waals surface area contributed by atoms with Gasteiger partial charge in [-0.2, -0.15) is 13.8 Å². The van der Waals surface area contributed by atoms with Gasteiger partial charge in [-0.25, -0.2) is 19.1 Å². The molecule has 7 nitrogen and oxygen atoms in total. The molecule has 2 aromatic rings. The van der Waals surface area contributed by atoms with Crippen LogP contribution in [0.3, 0.4) is 0 Å². The first-order valence-corrected chi connectivity index (χ1v) is 9.08. The highest BCUT2D eigenvalue weighted by atomic mass is 35.5. The van der Waals surface area contributed by atoms with Gasteiger partial charge < -0.3 is 10.1 Å². The Morgan fingerprint density at radius 1 is 1.34 bits per heavy atom. The quantitative estimate of drug-likeness (QED) is 0.743. The third-order valence-corrected chi connectivity index (χ3v) is 4.69. The van der Waals surface area contributed by atoms with Crippen LogP contribution in [0.1, 0.15) is 45.0 Å². The monoisotopic (exact) mass is 429 g/mol. The lowest BCUT2D eigenvalue weighted by molar-refractivity contribution is 0.0128. The van der Waals surface area contributed by atoms with Crippen molar-refractivity contribution in [1.82, 2.24) is 15.0 Å². The predicted molar refractivity (Wildman–Crippen MR) is 101 cm³/mol. The Balaban J connectivity index is 1.86. The van der Waals surface area contributed by atoms with Gasteiger partial charge in [-0.3, -0.25) is 4.98 Å². The minimum Gasteiger partial charge on any atom is -0.447 e. The summed E-state index contributed by atoms with van der Waals surface area (Å²) in [6.07, 6.45) is 1.49. The van der Waals surface area contributed by atoms with Gasteiger partial charge in [0.2, 0.25) is 5.95 Å². The van der Waals surface area contributed by atoms with Gasteiger partial charge in [-0.1, -0.05) is 11.6 Å². The molecule has 0 aromatic carbocycles. The number of alkyl halides is 2. The van der Waals surface area contributed by atoms with Crippen LogP contribution in [0, 0.1) is 5.82 Å². The molecule has 11 heteroatoms. The van der Waals surface area contributed by atoms with Gasteiger partial charge in [0.25, 0.3) is 5.92 Å². The molecule has 1 atom stereocenters. The van der Waals surface area contributed by atoms with Gasteiger partial charge >= 0.3 is 6.09 Å². The maximum absolute atomic E-state index is 14.3. The Labute approximate surface area is 170 Å². The number of pyridine rings is 1. The van der Waals surface area contributed by atoms with Crippen LogP contribution in [0.15, 0.2) is 18.5 Å². The van der Waals surface area contributed by atoms with E-state index < -0.39 is 35.1 Å². The molecule has 0 aliphatic carbocycles. The molecule has 2 aromatic heterocycles. The molecule has 1 fully saturated rings. The molecule has 1 amide bonds. The summed E-state index contributed by atoms with van der Waals surface area (Å²) in [5, 5.41) is 2.75. The first-order valence-electron chi connectivity index (χ1n) is 8.70. The Bertz CT molecular complexity index is 952. The number of carbonyl (C=O) groups is 1. The van der Waals surface area contributed by atoms with Crippen molar-refractivity contribution < 1.29 is 22.7 Å². The Morgan fingerprint density at radius 3 is 2.59 bits per heavy atom. The number of rotatable bonds is 5. The summed E-state index contributed by atoms with van der Waals surface area (Å²) in [5.74, 6) is -4.14. The minimum atomic E-state index is -3.17. The number of aromatic nitrogens is 3. The van der Waals surface area contributed by atoms with Crippen LogP contribution in [-0.2, 0) is 10.7 Å².